The second-order valence-corrected chi connectivity index (χ2v) is 8.07. The van der Waals surface area contributed by atoms with Crippen LogP contribution >= 0.6 is 0 Å². The minimum Gasteiger partial charge on any atom is -0.481 e. The van der Waals surface area contributed by atoms with Gasteiger partial charge in [0.1, 0.15) is 18.4 Å². The van der Waals surface area contributed by atoms with Gasteiger partial charge in [-0.15, -0.1) is 0 Å². The number of amides is 2. The monoisotopic (exact) mass is 463 g/mol. The molecule has 3 aromatic rings. The number of alkyl carbamates (subject to hydrolysis) is 1. The molecular formula is C25H25N3O6. The molecule has 1 atom stereocenters. The van der Waals surface area contributed by atoms with E-state index >= 15 is 0 Å². The number of fused-ring (bicyclic) bond motifs is 3. The number of aliphatic carboxylic acids is 1. The molecule has 2 aromatic carbocycles. The van der Waals surface area contributed by atoms with Gasteiger partial charge in [0.05, 0.1) is 12.6 Å². The molecule has 0 fully saturated rings. The fourth-order valence-corrected chi connectivity index (χ4v) is 4.17. The van der Waals surface area contributed by atoms with E-state index in [1.165, 1.54) is 0 Å². The van der Waals surface area contributed by atoms with Crippen LogP contribution in [0.2, 0.25) is 0 Å². The van der Waals surface area contributed by atoms with E-state index in [2.05, 4.69) is 15.8 Å². The van der Waals surface area contributed by atoms with Crippen molar-refractivity contribution in [2.45, 2.75) is 31.7 Å². The molecule has 0 saturated carbocycles. The molecule has 0 bridgehead atoms. The topological polar surface area (TPSA) is 131 Å². The highest BCUT2D eigenvalue weighted by Gasteiger charge is 2.30. The van der Waals surface area contributed by atoms with Crippen LogP contribution in [0.25, 0.3) is 11.1 Å². The van der Waals surface area contributed by atoms with E-state index in [0.29, 0.717) is 12.2 Å². The van der Waals surface area contributed by atoms with Crippen molar-refractivity contribution in [3.8, 4) is 11.1 Å². The van der Waals surface area contributed by atoms with Gasteiger partial charge in [0.2, 0.25) is 5.91 Å². The lowest BCUT2D eigenvalue weighted by Crippen LogP contribution is -2.48. The summed E-state index contributed by atoms with van der Waals surface area (Å²) >= 11 is 0. The lowest BCUT2D eigenvalue weighted by atomic mass is 9.98. The van der Waals surface area contributed by atoms with Crippen molar-refractivity contribution < 1.29 is 28.8 Å². The first-order valence-corrected chi connectivity index (χ1v) is 10.9. The molecule has 1 unspecified atom stereocenters. The van der Waals surface area contributed by atoms with Crippen molar-refractivity contribution in [2.24, 2.45) is 0 Å². The van der Waals surface area contributed by atoms with E-state index in [0.717, 1.165) is 27.8 Å². The standard InChI is InChI=1S/C25H25N3O6/c1-15-16(13-27-34-15)10-11-26-24(31)22(12-23(29)30)28-25(32)33-14-21-19-8-4-2-6-17(19)18-7-3-5-9-20(18)21/h2-9,13,21-22H,10-12,14H2,1H3,(H,26,31)(H,28,32)(H,29,30). The van der Waals surface area contributed by atoms with Gasteiger partial charge in [0.25, 0.3) is 0 Å². The van der Waals surface area contributed by atoms with E-state index in [9.17, 15) is 19.5 Å². The van der Waals surface area contributed by atoms with Gasteiger partial charge in [-0.25, -0.2) is 4.79 Å². The third-order valence-electron chi connectivity index (χ3n) is 5.87. The number of carbonyl (C=O) groups excluding carboxylic acids is 2. The average molecular weight is 463 g/mol. The first-order valence-electron chi connectivity index (χ1n) is 10.9. The largest absolute Gasteiger partial charge is 0.481 e. The molecule has 9 nitrogen and oxygen atoms in total. The quantitative estimate of drug-likeness (QED) is 0.445. The Bertz CT molecular complexity index is 1160. The maximum atomic E-state index is 12.5. The number of benzene rings is 2. The number of hydrogen-bond acceptors (Lipinski definition) is 6. The Balaban J connectivity index is 1.35. The van der Waals surface area contributed by atoms with Crippen LogP contribution in [-0.2, 0) is 20.7 Å². The molecule has 0 radical (unpaired) electrons. The van der Waals surface area contributed by atoms with Crippen molar-refractivity contribution in [3.05, 3.63) is 77.2 Å². The summed E-state index contributed by atoms with van der Waals surface area (Å²) in [6, 6.07) is 14.6. The van der Waals surface area contributed by atoms with Gasteiger partial charge in [0, 0.05) is 18.0 Å². The smallest absolute Gasteiger partial charge is 0.407 e. The second kappa shape index (κ2) is 10.2. The van der Waals surface area contributed by atoms with Gasteiger partial charge in [-0.2, -0.15) is 0 Å². The van der Waals surface area contributed by atoms with Crippen LogP contribution in [0.1, 0.15) is 34.8 Å². The van der Waals surface area contributed by atoms with Gasteiger partial charge < -0.3 is 25.0 Å². The second-order valence-electron chi connectivity index (χ2n) is 8.07. The van der Waals surface area contributed by atoms with Gasteiger partial charge in [-0.05, 0) is 35.6 Å². The summed E-state index contributed by atoms with van der Waals surface area (Å²) in [7, 11) is 0. The van der Waals surface area contributed by atoms with Crippen molar-refractivity contribution in [3.63, 3.8) is 0 Å². The minimum absolute atomic E-state index is 0.0635. The van der Waals surface area contributed by atoms with Gasteiger partial charge >= 0.3 is 12.1 Å². The minimum atomic E-state index is -1.27. The first kappa shape index (κ1) is 23.0. The number of aromatic nitrogens is 1. The number of carbonyl (C=O) groups is 3. The lowest BCUT2D eigenvalue weighted by Gasteiger charge is -2.18. The van der Waals surface area contributed by atoms with Gasteiger partial charge in [-0.1, -0.05) is 53.7 Å². The molecule has 1 aliphatic carbocycles. The van der Waals surface area contributed by atoms with Gasteiger partial charge in [0.15, 0.2) is 0 Å². The highest BCUT2D eigenvalue weighted by molar-refractivity contribution is 5.89. The molecule has 34 heavy (non-hydrogen) atoms. The number of hydrogen-bond donors (Lipinski definition) is 3. The third kappa shape index (κ3) is 5.09. The van der Waals surface area contributed by atoms with Crippen LogP contribution < -0.4 is 10.6 Å². The average Bonchev–Trinajstić information content (AvgIpc) is 3.37. The molecule has 1 aliphatic rings. The molecule has 3 N–H and O–H groups in total. The Labute approximate surface area is 196 Å². The molecule has 0 saturated heterocycles. The Morgan fingerprint density at radius 2 is 1.74 bits per heavy atom. The molecular weight excluding hydrogens is 438 g/mol. The summed E-state index contributed by atoms with van der Waals surface area (Å²) in [5.74, 6) is -1.32. The number of nitrogens with zero attached hydrogens (tertiary/aromatic N) is 1. The number of rotatable bonds is 9. The maximum Gasteiger partial charge on any atom is 0.407 e. The van der Waals surface area contributed by atoms with E-state index in [1.54, 1.807) is 13.1 Å². The highest BCUT2D eigenvalue weighted by Crippen LogP contribution is 2.44. The fraction of sp³-hybridized carbons (Fsp3) is 0.280. The number of carboxylic acid groups (broad SMARTS) is 1. The Hall–Kier alpha value is -4.14. The van der Waals surface area contributed by atoms with Crippen molar-refractivity contribution >= 4 is 18.0 Å². The SMILES string of the molecule is Cc1oncc1CCNC(=O)C(CC(=O)O)NC(=O)OCC1c2ccccc2-c2ccccc21. The van der Waals surface area contributed by atoms with E-state index in [1.807, 2.05) is 48.5 Å². The predicted octanol–water partition coefficient (Wildman–Crippen LogP) is 3.02. The summed E-state index contributed by atoms with van der Waals surface area (Å²) in [6.45, 7) is 2.06. The third-order valence-corrected chi connectivity index (χ3v) is 5.87. The Kier molecular flexibility index (Phi) is 6.91. The van der Waals surface area contributed by atoms with E-state index < -0.39 is 30.4 Å². The fourth-order valence-electron chi connectivity index (χ4n) is 4.17. The van der Waals surface area contributed by atoms with Gasteiger partial charge in [-0.3, -0.25) is 9.59 Å². The zero-order valence-corrected chi connectivity index (χ0v) is 18.6. The summed E-state index contributed by atoms with van der Waals surface area (Å²) < 4.78 is 10.4. The molecule has 4 rings (SSSR count). The molecule has 2 amide bonds. The summed E-state index contributed by atoms with van der Waals surface area (Å²) in [5.41, 5.74) is 5.14. The Morgan fingerprint density at radius 1 is 1.09 bits per heavy atom. The van der Waals surface area contributed by atoms with Crippen LogP contribution in [0, 0.1) is 6.92 Å². The first-order chi connectivity index (χ1) is 16.4. The predicted molar refractivity (Wildman–Crippen MR) is 122 cm³/mol. The number of ether oxygens (including phenoxy) is 1. The van der Waals surface area contributed by atoms with Crippen LogP contribution in [0.15, 0.2) is 59.3 Å². The van der Waals surface area contributed by atoms with Crippen LogP contribution in [0.3, 0.4) is 0 Å². The zero-order chi connectivity index (χ0) is 24.1. The molecule has 176 valence electrons. The summed E-state index contributed by atoms with van der Waals surface area (Å²) in [4.78, 5) is 36.3. The number of nitrogens with one attached hydrogen (secondary N) is 2. The number of aryl methyl sites for hydroxylation is 1. The van der Waals surface area contributed by atoms with Crippen molar-refractivity contribution in [1.82, 2.24) is 15.8 Å². The normalized spacial score (nSPS) is 13.0. The summed E-state index contributed by atoms with van der Waals surface area (Å²) in [6.07, 6.45) is 0.609. The Morgan fingerprint density at radius 3 is 2.32 bits per heavy atom. The molecule has 1 heterocycles. The van der Waals surface area contributed by atoms with E-state index in [4.69, 9.17) is 9.26 Å². The molecule has 9 heteroatoms. The van der Waals surface area contributed by atoms with Crippen LogP contribution in [0.5, 0.6) is 0 Å². The van der Waals surface area contributed by atoms with Crippen molar-refractivity contribution in [2.75, 3.05) is 13.2 Å². The molecule has 0 aliphatic heterocycles. The number of carboxylic acids is 1. The molecule has 0 spiro atoms. The van der Waals surface area contributed by atoms with Crippen molar-refractivity contribution in [1.29, 1.82) is 0 Å². The van der Waals surface area contributed by atoms with Crippen LogP contribution in [0.4, 0.5) is 4.79 Å². The molecule has 1 aromatic heterocycles. The highest BCUT2D eigenvalue weighted by atomic mass is 16.5. The van der Waals surface area contributed by atoms with Crippen LogP contribution in [-0.4, -0.2) is 47.4 Å². The zero-order valence-electron chi connectivity index (χ0n) is 18.6. The van der Waals surface area contributed by atoms with E-state index in [-0.39, 0.29) is 19.1 Å². The maximum absolute atomic E-state index is 12.5. The lowest BCUT2D eigenvalue weighted by molar-refractivity contribution is -0.139. The summed E-state index contributed by atoms with van der Waals surface area (Å²) in [5, 5.41) is 17.9.